The molecule has 1 saturated carbocycles. The summed E-state index contributed by atoms with van der Waals surface area (Å²) in [6.07, 6.45) is 3.26. The van der Waals surface area contributed by atoms with Gasteiger partial charge in [0.1, 0.15) is 17.7 Å². The topological polar surface area (TPSA) is 66.0 Å². The molecule has 1 aliphatic carbocycles. The van der Waals surface area contributed by atoms with Crippen LogP contribution in [-0.4, -0.2) is 29.5 Å². The molecule has 1 unspecified atom stereocenters. The molecule has 1 atom stereocenters. The van der Waals surface area contributed by atoms with Crippen molar-refractivity contribution in [3.63, 3.8) is 0 Å². The van der Waals surface area contributed by atoms with Crippen LogP contribution in [0.2, 0.25) is 0 Å². The van der Waals surface area contributed by atoms with E-state index in [1.807, 2.05) is 25.1 Å². The van der Waals surface area contributed by atoms with Gasteiger partial charge in [-0.2, -0.15) is 0 Å². The molecule has 0 radical (unpaired) electrons. The van der Waals surface area contributed by atoms with Crippen LogP contribution < -0.4 is 16.0 Å². The Bertz CT molecular complexity index is 431. The van der Waals surface area contributed by atoms with E-state index in [0.717, 1.165) is 37.4 Å². The van der Waals surface area contributed by atoms with E-state index in [9.17, 15) is 4.79 Å². The molecule has 5 nitrogen and oxygen atoms in total. The van der Waals surface area contributed by atoms with Crippen LogP contribution in [0.3, 0.4) is 0 Å². The van der Waals surface area contributed by atoms with Crippen molar-refractivity contribution in [1.82, 2.24) is 10.3 Å². The minimum Gasteiger partial charge on any atom is -0.370 e. The third-order valence-corrected chi connectivity index (χ3v) is 2.99. The van der Waals surface area contributed by atoms with Gasteiger partial charge in [0.2, 0.25) is 5.91 Å². The maximum atomic E-state index is 11.8. The molecule has 0 aromatic carbocycles. The fourth-order valence-corrected chi connectivity index (χ4v) is 1.71. The highest BCUT2D eigenvalue weighted by atomic mass is 16.2. The van der Waals surface area contributed by atoms with E-state index in [1.165, 1.54) is 0 Å². The fourth-order valence-electron chi connectivity index (χ4n) is 1.71. The van der Waals surface area contributed by atoms with Crippen LogP contribution in [0.4, 0.5) is 11.6 Å². The van der Waals surface area contributed by atoms with E-state index in [2.05, 4.69) is 27.9 Å². The zero-order valence-corrected chi connectivity index (χ0v) is 11.6. The Hall–Kier alpha value is -1.78. The number of hydrogen-bond donors (Lipinski definition) is 3. The SMILES string of the molecule is CCCNc1cccc(NC(C)C(=O)NC2CC2)n1. The first kappa shape index (κ1) is 13.6. The summed E-state index contributed by atoms with van der Waals surface area (Å²) in [5.74, 6) is 1.59. The number of anilines is 2. The number of carbonyl (C=O) groups is 1. The molecule has 1 aromatic rings. The molecule has 0 spiro atoms. The Kier molecular flexibility index (Phi) is 4.60. The molecule has 2 rings (SSSR count). The Morgan fingerprint density at radius 3 is 2.84 bits per heavy atom. The second kappa shape index (κ2) is 6.41. The normalized spacial score (nSPS) is 15.7. The first-order chi connectivity index (χ1) is 9.19. The Balaban J connectivity index is 1.87. The van der Waals surface area contributed by atoms with Crippen molar-refractivity contribution < 1.29 is 4.79 Å². The van der Waals surface area contributed by atoms with Gasteiger partial charge in [0.05, 0.1) is 0 Å². The first-order valence-electron chi connectivity index (χ1n) is 6.97. The van der Waals surface area contributed by atoms with Gasteiger partial charge >= 0.3 is 0 Å². The fraction of sp³-hybridized carbons (Fsp3) is 0.571. The van der Waals surface area contributed by atoms with Gasteiger partial charge < -0.3 is 16.0 Å². The number of aromatic nitrogens is 1. The summed E-state index contributed by atoms with van der Waals surface area (Å²) < 4.78 is 0. The molecular formula is C14H22N4O. The number of nitrogens with one attached hydrogen (secondary N) is 3. The lowest BCUT2D eigenvalue weighted by Crippen LogP contribution is -2.38. The highest BCUT2D eigenvalue weighted by Crippen LogP contribution is 2.19. The van der Waals surface area contributed by atoms with Gasteiger partial charge in [-0.25, -0.2) is 4.98 Å². The lowest BCUT2D eigenvalue weighted by Gasteiger charge is -2.15. The van der Waals surface area contributed by atoms with Crippen LogP contribution in [0.15, 0.2) is 18.2 Å². The smallest absolute Gasteiger partial charge is 0.242 e. The molecule has 1 aromatic heterocycles. The highest BCUT2D eigenvalue weighted by Gasteiger charge is 2.25. The van der Waals surface area contributed by atoms with Crippen molar-refractivity contribution in [2.24, 2.45) is 0 Å². The molecule has 1 aliphatic rings. The van der Waals surface area contributed by atoms with Gasteiger partial charge in [0, 0.05) is 12.6 Å². The summed E-state index contributed by atoms with van der Waals surface area (Å²) in [5.41, 5.74) is 0. The molecule has 3 N–H and O–H groups in total. The number of rotatable bonds is 7. The standard InChI is InChI=1S/C14H22N4O/c1-3-9-15-12-5-4-6-13(18-12)16-10(2)14(19)17-11-7-8-11/h4-6,10-11H,3,7-9H2,1-2H3,(H,17,19)(H2,15,16,18). The van der Waals surface area contributed by atoms with Gasteiger partial charge in [-0.1, -0.05) is 13.0 Å². The van der Waals surface area contributed by atoms with Gasteiger partial charge in [-0.05, 0) is 38.3 Å². The zero-order valence-electron chi connectivity index (χ0n) is 11.6. The molecule has 0 aliphatic heterocycles. The van der Waals surface area contributed by atoms with Crippen LogP contribution in [0.5, 0.6) is 0 Å². The molecule has 1 fully saturated rings. The van der Waals surface area contributed by atoms with E-state index < -0.39 is 0 Å². The van der Waals surface area contributed by atoms with Gasteiger partial charge in [0.25, 0.3) is 0 Å². The summed E-state index contributed by atoms with van der Waals surface area (Å²) in [6, 6.07) is 5.85. The van der Waals surface area contributed by atoms with Crippen LogP contribution >= 0.6 is 0 Å². The number of nitrogens with zero attached hydrogens (tertiary/aromatic N) is 1. The summed E-state index contributed by atoms with van der Waals surface area (Å²) in [6.45, 7) is 4.86. The van der Waals surface area contributed by atoms with Crippen molar-refractivity contribution in [2.45, 2.75) is 45.2 Å². The number of amides is 1. The van der Waals surface area contributed by atoms with E-state index in [-0.39, 0.29) is 11.9 Å². The molecule has 1 heterocycles. The first-order valence-corrected chi connectivity index (χ1v) is 6.97. The summed E-state index contributed by atoms with van der Waals surface area (Å²) in [5, 5.41) is 9.33. The maximum absolute atomic E-state index is 11.8. The second-order valence-corrected chi connectivity index (χ2v) is 4.98. The predicted molar refractivity (Wildman–Crippen MR) is 77.3 cm³/mol. The Labute approximate surface area is 114 Å². The largest absolute Gasteiger partial charge is 0.370 e. The van der Waals surface area contributed by atoms with Crippen molar-refractivity contribution in [2.75, 3.05) is 17.2 Å². The highest BCUT2D eigenvalue weighted by molar-refractivity contribution is 5.84. The van der Waals surface area contributed by atoms with Crippen LogP contribution in [0.1, 0.15) is 33.1 Å². The minimum atomic E-state index is -0.269. The number of carbonyl (C=O) groups excluding carboxylic acids is 1. The summed E-state index contributed by atoms with van der Waals surface area (Å²) >= 11 is 0. The minimum absolute atomic E-state index is 0.0382. The second-order valence-electron chi connectivity index (χ2n) is 4.98. The van der Waals surface area contributed by atoms with Gasteiger partial charge in [0.15, 0.2) is 0 Å². The quantitative estimate of drug-likeness (QED) is 0.703. The molecule has 19 heavy (non-hydrogen) atoms. The van der Waals surface area contributed by atoms with E-state index in [1.54, 1.807) is 0 Å². The molecule has 104 valence electrons. The van der Waals surface area contributed by atoms with E-state index in [4.69, 9.17) is 0 Å². The van der Waals surface area contributed by atoms with Crippen LogP contribution in [-0.2, 0) is 4.79 Å². The van der Waals surface area contributed by atoms with Crippen molar-refractivity contribution >= 4 is 17.5 Å². The average molecular weight is 262 g/mol. The number of hydrogen-bond acceptors (Lipinski definition) is 4. The zero-order chi connectivity index (χ0) is 13.7. The molecule has 0 bridgehead atoms. The summed E-state index contributed by atoms with van der Waals surface area (Å²) in [4.78, 5) is 16.3. The lowest BCUT2D eigenvalue weighted by molar-refractivity contribution is -0.121. The van der Waals surface area contributed by atoms with E-state index in [0.29, 0.717) is 6.04 Å². The van der Waals surface area contributed by atoms with Crippen molar-refractivity contribution in [1.29, 1.82) is 0 Å². The molecule has 0 saturated heterocycles. The van der Waals surface area contributed by atoms with Crippen LogP contribution in [0.25, 0.3) is 0 Å². The van der Waals surface area contributed by atoms with Crippen molar-refractivity contribution in [3.05, 3.63) is 18.2 Å². The molecular weight excluding hydrogens is 240 g/mol. The molecule has 1 amide bonds. The maximum Gasteiger partial charge on any atom is 0.242 e. The Morgan fingerprint density at radius 1 is 1.42 bits per heavy atom. The predicted octanol–water partition coefficient (Wildman–Crippen LogP) is 1.98. The van der Waals surface area contributed by atoms with Gasteiger partial charge in [-0.3, -0.25) is 4.79 Å². The third-order valence-electron chi connectivity index (χ3n) is 2.99. The third kappa shape index (κ3) is 4.43. The van der Waals surface area contributed by atoms with E-state index >= 15 is 0 Å². The van der Waals surface area contributed by atoms with Crippen LogP contribution in [0, 0.1) is 0 Å². The number of pyridine rings is 1. The Morgan fingerprint density at radius 2 is 2.16 bits per heavy atom. The average Bonchev–Trinajstić information content (AvgIpc) is 3.20. The van der Waals surface area contributed by atoms with Crippen molar-refractivity contribution in [3.8, 4) is 0 Å². The summed E-state index contributed by atoms with van der Waals surface area (Å²) in [7, 11) is 0. The lowest BCUT2D eigenvalue weighted by atomic mass is 10.3. The molecule has 5 heteroatoms. The van der Waals surface area contributed by atoms with Gasteiger partial charge in [-0.15, -0.1) is 0 Å². The monoisotopic (exact) mass is 262 g/mol.